The first kappa shape index (κ1) is 22.4. The molecule has 0 spiro atoms. The lowest BCUT2D eigenvalue weighted by Gasteiger charge is -2.38. The highest BCUT2D eigenvalue weighted by Gasteiger charge is 2.34. The molecular weight excluding hydrogens is 384 g/mol. The van der Waals surface area contributed by atoms with Crippen LogP contribution in [0.2, 0.25) is 0 Å². The van der Waals surface area contributed by atoms with Crippen LogP contribution in [0.25, 0.3) is 0 Å². The number of amides is 3. The van der Waals surface area contributed by atoms with E-state index in [1.165, 1.54) is 0 Å². The van der Waals surface area contributed by atoms with Crippen molar-refractivity contribution in [1.82, 2.24) is 20.0 Å². The normalized spacial score (nSPS) is 19.7. The number of nitrogens with one attached hydrogen (secondary N) is 1. The molecule has 2 saturated heterocycles. The lowest BCUT2D eigenvalue weighted by atomic mass is 10.0. The molecular formula is C22H34N4O4. The van der Waals surface area contributed by atoms with E-state index in [1.54, 1.807) is 19.0 Å². The fraction of sp³-hybridized carbons (Fsp3) is 0.636. The number of ether oxygens (including phenoxy) is 2. The van der Waals surface area contributed by atoms with Crippen molar-refractivity contribution in [1.29, 1.82) is 0 Å². The zero-order valence-electron chi connectivity index (χ0n) is 18.1. The zero-order valence-corrected chi connectivity index (χ0v) is 18.1. The van der Waals surface area contributed by atoms with Crippen molar-refractivity contribution in [2.45, 2.75) is 31.3 Å². The molecule has 3 amide bonds. The number of carbonyl (C=O) groups excluding carboxylic acids is 2. The maximum Gasteiger partial charge on any atom is 0.319 e. The minimum Gasteiger partial charge on any atom is -0.484 e. The van der Waals surface area contributed by atoms with Crippen LogP contribution in [0.3, 0.4) is 0 Å². The van der Waals surface area contributed by atoms with E-state index < -0.39 is 0 Å². The Morgan fingerprint density at radius 2 is 1.87 bits per heavy atom. The van der Waals surface area contributed by atoms with Crippen LogP contribution >= 0.6 is 0 Å². The predicted octanol–water partition coefficient (Wildman–Crippen LogP) is 1.42. The number of urea groups is 1. The van der Waals surface area contributed by atoms with Gasteiger partial charge in [-0.15, -0.1) is 0 Å². The van der Waals surface area contributed by atoms with Crippen LogP contribution in [-0.2, 0) is 9.53 Å². The molecule has 1 atom stereocenters. The highest BCUT2D eigenvalue weighted by Crippen LogP contribution is 2.23. The summed E-state index contributed by atoms with van der Waals surface area (Å²) in [6.45, 7) is 4.38. The number of likely N-dealkylation sites (tertiary alicyclic amines) is 1. The monoisotopic (exact) mass is 418 g/mol. The van der Waals surface area contributed by atoms with Crippen LogP contribution in [0.1, 0.15) is 19.3 Å². The Bertz CT molecular complexity index is 679. The lowest BCUT2D eigenvalue weighted by Crippen LogP contribution is -2.50. The summed E-state index contributed by atoms with van der Waals surface area (Å²) >= 11 is 0. The maximum atomic E-state index is 12.3. The highest BCUT2D eigenvalue weighted by atomic mass is 16.5. The van der Waals surface area contributed by atoms with Gasteiger partial charge in [-0.25, -0.2) is 4.79 Å². The molecule has 2 fully saturated rings. The van der Waals surface area contributed by atoms with Crippen LogP contribution in [0.4, 0.5) is 4.79 Å². The number of carbonyl (C=O) groups is 2. The summed E-state index contributed by atoms with van der Waals surface area (Å²) in [6.07, 6.45) is 2.94. The Morgan fingerprint density at radius 1 is 1.13 bits per heavy atom. The van der Waals surface area contributed by atoms with E-state index in [0.29, 0.717) is 24.4 Å². The minimum atomic E-state index is -0.124. The van der Waals surface area contributed by atoms with Crippen molar-refractivity contribution < 1.29 is 19.1 Å². The number of para-hydroxylation sites is 1. The van der Waals surface area contributed by atoms with Gasteiger partial charge in [-0.1, -0.05) is 18.2 Å². The Kier molecular flexibility index (Phi) is 8.33. The van der Waals surface area contributed by atoms with Crippen molar-refractivity contribution in [2.75, 3.05) is 60.1 Å². The fourth-order valence-corrected chi connectivity index (χ4v) is 4.19. The molecule has 0 saturated carbocycles. The number of rotatable bonds is 8. The summed E-state index contributed by atoms with van der Waals surface area (Å²) in [7, 11) is 3.58. The number of hydrogen-bond acceptors (Lipinski definition) is 5. The summed E-state index contributed by atoms with van der Waals surface area (Å²) < 4.78 is 11.0. The van der Waals surface area contributed by atoms with Gasteiger partial charge in [-0.3, -0.25) is 9.69 Å². The van der Waals surface area contributed by atoms with E-state index in [4.69, 9.17) is 9.47 Å². The van der Waals surface area contributed by atoms with E-state index in [-0.39, 0.29) is 18.5 Å². The van der Waals surface area contributed by atoms with Crippen LogP contribution < -0.4 is 10.1 Å². The maximum absolute atomic E-state index is 12.3. The lowest BCUT2D eigenvalue weighted by molar-refractivity contribution is -0.123. The first-order valence-electron chi connectivity index (χ1n) is 10.8. The second-order valence-corrected chi connectivity index (χ2v) is 8.10. The van der Waals surface area contributed by atoms with Gasteiger partial charge >= 0.3 is 6.03 Å². The summed E-state index contributed by atoms with van der Waals surface area (Å²) in [5.41, 5.74) is 0. The van der Waals surface area contributed by atoms with Crippen molar-refractivity contribution in [3.63, 3.8) is 0 Å². The molecule has 3 rings (SSSR count). The molecule has 0 radical (unpaired) electrons. The molecule has 0 bridgehead atoms. The van der Waals surface area contributed by atoms with Crippen molar-refractivity contribution in [3.8, 4) is 5.75 Å². The third-order valence-electron chi connectivity index (χ3n) is 5.75. The second kappa shape index (κ2) is 11.2. The molecule has 8 heteroatoms. The zero-order chi connectivity index (χ0) is 21.3. The van der Waals surface area contributed by atoms with E-state index in [2.05, 4.69) is 10.2 Å². The number of nitrogens with zero attached hydrogens (tertiary/aromatic N) is 3. The highest BCUT2D eigenvalue weighted by molar-refractivity contribution is 5.77. The fourth-order valence-electron chi connectivity index (χ4n) is 4.19. The van der Waals surface area contributed by atoms with Gasteiger partial charge in [0.1, 0.15) is 5.75 Å². The Hall–Kier alpha value is -2.32. The van der Waals surface area contributed by atoms with Gasteiger partial charge in [-0.2, -0.15) is 0 Å². The Labute approximate surface area is 179 Å². The molecule has 0 aliphatic carbocycles. The summed E-state index contributed by atoms with van der Waals surface area (Å²) in [6, 6.07) is 10.1. The predicted molar refractivity (Wildman–Crippen MR) is 115 cm³/mol. The van der Waals surface area contributed by atoms with Crippen molar-refractivity contribution in [2.24, 2.45) is 0 Å². The van der Waals surface area contributed by atoms with Gasteiger partial charge in [0.15, 0.2) is 6.61 Å². The van der Waals surface area contributed by atoms with E-state index in [0.717, 1.165) is 52.1 Å². The molecule has 2 aliphatic heterocycles. The van der Waals surface area contributed by atoms with Crippen LogP contribution in [0.5, 0.6) is 5.75 Å². The summed E-state index contributed by atoms with van der Waals surface area (Å²) in [5.74, 6) is 0.565. The topological polar surface area (TPSA) is 74.4 Å². The average molecular weight is 419 g/mol. The second-order valence-electron chi connectivity index (χ2n) is 8.10. The van der Waals surface area contributed by atoms with E-state index in [1.807, 2.05) is 35.2 Å². The van der Waals surface area contributed by atoms with Crippen LogP contribution in [0.15, 0.2) is 30.3 Å². The number of benzene rings is 1. The van der Waals surface area contributed by atoms with Crippen LogP contribution in [0, 0.1) is 0 Å². The third kappa shape index (κ3) is 6.34. The molecule has 30 heavy (non-hydrogen) atoms. The molecule has 166 valence electrons. The minimum absolute atomic E-state index is 0.00975. The van der Waals surface area contributed by atoms with Gasteiger partial charge in [0.25, 0.3) is 5.91 Å². The molecule has 2 aliphatic rings. The molecule has 2 heterocycles. The largest absolute Gasteiger partial charge is 0.484 e. The number of hydrogen-bond donors (Lipinski definition) is 1. The molecule has 1 N–H and O–H groups in total. The van der Waals surface area contributed by atoms with E-state index in [9.17, 15) is 9.59 Å². The molecule has 1 aromatic carbocycles. The SMILES string of the molecule is CN(C)C(=O)N1CCC(N(CCNC(=O)COc2ccccc2)C2CCOCC2)C1. The Morgan fingerprint density at radius 3 is 2.57 bits per heavy atom. The molecule has 1 aromatic rings. The van der Waals surface area contributed by atoms with Gasteiger partial charge in [0.2, 0.25) is 0 Å². The van der Waals surface area contributed by atoms with E-state index >= 15 is 0 Å². The van der Waals surface area contributed by atoms with Crippen LogP contribution in [-0.4, -0.2) is 98.8 Å². The average Bonchev–Trinajstić information content (AvgIpc) is 3.25. The standard InChI is InChI=1S/C22H34N4O4/c1-24(2)22(28)25-12-8-19(16-25)26(18-9-14-29-15-10-18)13-11-23-21(27)17-30-20-6-4-3-5-7-20/h3-7,18-19H,8-17H2,1-2H3,(H,23,27). The molecule has 1 unspecified atom stereocenters. The van der Waals surface area contributed by atoms with Gasteiger partial charge in [-0.05, 0) is 31.4 Å². The molecule has 0 aromatic heterocycles. The molecule has 8 nitrogen and oxygen atoms in total. The van der Waals surface area contributed by atoms with Crippen molar-refractivity contribution in [3.05, 3.63) is 30.3 Å². The van der Waals surface area contributed by atoms with Gasteiger partial charge < -0.3 is 24.6 Å². The van der Waals surface area contributed by atoms with Gasteiger partial charge in [0, 0.05) is 65.6 Å². The van der Waals surface area contributed by atoms with Gasteiger partial charge in [0.05, 0.1) is 0 Å². The quantitative estimate of drug-likeness (QED) is 0.691. The third-order valence-corrected chi connectivity index (χ3v) is 5.75. The van der Waals surface area contributed by atoms with Crippen molar-refractivity contribution >= 4 is 11.9 Å². The smallest absolute Gasteiger partial charge is 0.319 e. The first-order chi connectivity index (χ1) is 14.5. The summed E-state index contributed by atoms with van der Waals surface area (Å²) in [5, 5.41) is 2.97. The first-order valence-corrected chi connectivity index (χ1v) is 10.8. The summed E-state index contributed by atoms with van der Waals surface area (Å²) in [4.78, 5) is 30.5. The Balaban J connectivity index is 1.49.